The first-order valence-corrected chi connectivity index (χ1v) is 3.54. The minimum atomic E-state index is -0.283. The van der Waals surface area contributed by atoms with Gasteiger partial charge in [-0.1, -0.05) is 0 Å². The lowest BCUT2D eigenvalue weighted by atomic mass is 10.1. The van der Waals surface area contributed by atoms with Crippen LogP contribution in [0.4, 0.5) is 0 Å². The number of carbonyl (C=O) groups excluding carboxylic acids is 2. The van der Waals surface area contributed by atoms with E-state index in [0.717, 1.165) is 6.29 Å². The standard InChI is InChI=1S/C7H11NO3/c1-11-7(10)6-2-5(4-9)3-8-6/h4-6,8H,2-3H2,1H3/t5?,6-/m0/s1. The van der Waals surface area contributed by atoms with Crippen LogP contribution in [-0.2, 0) is 14.3 Å². The van der Waals surface area contributed by atoms with E-state index in [1.165, 1.54) is 7.11 Å². The molecule has 0 amide bonds. The van der Waals surface area contributed by atoms with Gasteiger partial charge in [-0.05, 0) is 6.42 Å². The monoisotopic (exact) mass is 157 g/mol. The van der Waals surface area contributed by atoms with Crippen molar-refractivity contribution >= 4 is 12.3 Å². The Bertz CT molecular complexity index is 169. The molecule has 0 aromatic carbocycles. The molecule has 1 saturated heterocycles. The van der Waals surface area contributed by atoms with E-state index >= 15 is 0 Å². The van der Waals surface area contributed by atoms with Crippen molar-refractivity contribution in [2.24, 2.45) is 5.92 Å². The van der Waals surface area contributed by atoms with Crippen LogP contribution in [0.3, 0.4) is 0 Å². The Balaban J connectivity index is 2.41. The molecule has 11 heavy (non-hydrogen) atoms. The summed E-state index contributed by atoms with van der Waals surface area (Å²) < 4.78 is 4.51. The van der Waals surface area contributed by atoms with Crippen LogP contribution in [0, 0.1) is 5.92 Å². The van der Waals surface area contributed by atoms with Gasteiger partial charge in [-0.3, -0.25) is 4.79 Å². The van der Waals surface area contributed by atoms with Gasteiger partial charge in [-0.2, -0.15) is 0 Å². The second kappa shape index (κ2) is 3.48. The van der Waals surface area contributed by atoms with Crippen LogP contribution in [0.2, 0.25) is 0 Å². The summed E-state index contributed by atoms with van der Waals surface area (Å²) in [6.45, 7) is 0.587. The van der Waals surface area contributed by atoms with Gasteiger partial charge in [0, 0.05) is 12.5 Å². The molecule has 0 aromatic heterocycles. The van der Waals surface area contributed by atoms with Gasteiger partial charge in [0.15, 0.2) is 0 Å². The molecule has 1 N–H and O–H groups in total. The topological polar surface area (TPSA) is 55.4 Å². The lowest BCUT2D eigenvalue weighted by molar-refractivity contribution is -0.142. The predicted molar refractivity (Wildman–Crippen MR) is 38.0 cm³/mol. The fourth-order valence-electron chi connectivity index (χ4n) is 1.19. The van der Waals surface area contributed by atoms with Crippen LogP contribution >= 0.6 is 0 Å². The van der Waals surface area contributed by atoms with Crippen molar-refractivity contribution in [3.8, 4) is 0 Å². The first kappa shape index (κ1) is 8.20. The molecule has 1 aliphatic rings. The number of hydrogen-bond acceptors (Lipinski definition) is 4. The number of hydrogen-bond donors (Lipinski definition) is 1. The number of rotatable bonds is 2. The highest BCUT2D eigenvalue weighted by molar-refractivity contribution is 5.77. The molecule has 0 aromatic rings. The van der Waals surface area contributed by atoms with Crippen LogP contribution < -0.4 is 5.32 Å². The zero-order valence-electron chi connectivity index (χ0n) is 6.37. The molecule has 0 radical (unpaired) electrons. The van der Waals surface area contributed by atoms with Crippen LogP contribution in [0.5, 0.6) is 0 Å². The minimum Gasteiger partial charge on any atom is -0.468 e. The van der Waals surface area contributed by atoms with Crippen molar-refractivity contribution in [2.45, 2.75) is 12.5 Å². The largest absolute Gasteiger partial charge is 0.468 e. The van der Waals surface area contributed by atoms with Crippen molar-refractivity contribution in [1.82, 2.24) is 5.32 Å². The average molecular weight is 157 g/mol. The fraction of sp³-hybridized carbons (Fsp3) is 0.714. The molecule has 0 saturated carbocycles. The minimum absolute atomic E-state index is 0.0286. The van der Waals surface area contributed by atoms with E-state index in [1.54, 1.807) is 0 Å². The molecule has 0 spiro atoms. The van der Waals surface area contributed by atoms with E-state index in [2.05, 4.69) is 10.1 Å². The Morgan fingerprint density at radius 1 is 1.73 bits per heavy atom. The Morgan fingerprint density at radius 2 is 2.45 bits per heavy atom. The molecule has 1 unspecified atom stereocenters. The normalized spacial score (nSPS) is 29.9. The smallest absolute Gasteiger partial charge is 0.322 e. The highest BCUT2D eigenvalue weighted by Gasteiger charge is 2.29. The van der Waals surface area contributed by atoms with E-state index in [-0.39, 0.29) is 17.9 Å². The van der Waals surface area contributed by atoms with Crippen molar-refractivity contribution in [3.05, 3.63) is 0 Å². The Kier molecular flexibility index (Phi) is 2.59. The second-order valence-electron chi connectivity index (χ2n) is 2.62. The van der Waals surface area contributed by atoms with Gasteiger partial charge in [-0.15, -0.1) is 0 Å². The fourth-order valence-corrected chi connectivity index (χ4v) is 1.19. The summed E-state index contributed by atoms with van der Waals surface area (Å²) >= 11 is 0. The summed E-state index contributed by atoms with van der Waals surface area (Å²) in [6, 6.07) is -0.282. The maximum absolute atomic E-state index is 10.9. The molecule has 1 rings (SSSR count). The third kappa shape index (κ3) is 1.77. The van der Waals surface area contributed by atoms with Crippen LogP contribution in [0.1, 0.15) is 6.42 Å². The van der Waals surface area contributed by atoms with Crippen molar-refractivity contribution < 1.29 is 14.3 Å². The van der Waals surface area contributed by atoms with Gasteiger partial charge in [0.05, 0.1) is 7.11 Å². The van der Waals surface area contributed by atoms with E-state index in [9.17, 15) is 9.59 Å². The van der Waals surface area contributed by atoms with E-state index < -0.39 is 0 Å². The molecule has 2 atom stereocenters. The summed E-state index contributed by atoms with van der Waals surface area (Å²) in [5.41, 5.74) is 0. The molecular weight excluding hydrogens is 146 g/mol. The Labute approximate surface area is 64.9 Å². The molecule has 1 aliphatic heterocycles. The molecular formula is C7H11NO3. The number of aldehydes is 1. The summed E-state index contributed by atoms with van der Waals surface area (Å²) in [7, 11) is 1.35. The van der Waals surface area contributed by atoms with Gasteiger partial charge >= 0.3 is 5.97 Å². The molecule has 62 valence electrons. The number of nitrogens with one attached hydrogen (secondary N) is 1. The zero-order valence-corrected chi connectivity index (χ0v) is 6.37. The van der Waals surface area contributed by atoms with Gasteiger partial charge < -0.3 is 14.8 Å². The third-order valence-corrected chi connectivity index (χ3v) is 1.84. The van der Waals surface area contributed by atoms with Crippen LogP contribution in [-0.4, -0.2) is 32.0 Å². The Hall–Kier alpha value is -0.900. The van der Waals surface area contributed by atoms with Crippen molar-refractivity contribution in [1.29, 1.82) is 0 Å². The second-order valence-corrected chi connectivity index (χ2v) is 2.62. The first-order valence-electron chi connectivity index (χ1n) is 3.54. The first-order chi connectivity index (χ1) is 5.27. The molecule has 0 bridgehead atoms. The molecule has 4 heteroatoms. The predicted octanol–water partition coefficient (Wildman–Crippen LogP) is -0.664. The number of ether oxygens (including phenoxy) is 1. The lowest BCUT2D eigenvalue weighted by Crippen LogP contribution is -2.31. The van der Waals surface area contributed by atoms with Gasteiger partial charge in [0.2, 0.25) is 0 Å². The summed E-state index contributed by atoms with van der Waals surface area (Å²) in [5.74, 6) is -0.312. The zero-order chi connectivity index (χ0) is 8.27. The highest BCUT2D eigenvalue weighted by Crippen LogP contribution is 2.11. The summed E-state index contributed by atoms with van der Waals surface area (Å²) in [4.78, 5) is 21.1. The highest BCUT2D eigenvalue weighted by atomic mass is 16.5. The average Bonchev–Trinajstić information content (AvgIpc) is 2.50. The van der Waals surface area contributed by atoms with E-state index in [0.29, 0.717) is 13.0 Å². The maximum atomic E-state index is 10.9. The molecule has 0 aliphatic carbocycles. The summed E-state index contributed by atoms with van der Waals surface area (Å²) in [5, 5.41) is 2.90. The van der Waals surface area contributed by atoms with Crippen LogP contribution in [0.25, 0.3) is 0 Å². The van der Waals surface area contributed by atoms with Gasteiger partial charge in [0.25, 0.3) is 0 Å². The van der Waals surface area contributed by atoms with Crippen LogP contribution in [0.15, 0.2) is 0 Å². The van der Waals surface area contributed by atoms with Crippen molar-refractivity contribution in [3.63, 3.8) is 0 Å². The third-order valence-electron chi connectivity index (χ3n) is 1.84. The quantitative estimate of drug-likeness (QED) is 0.427. The molecule has 1 fully saturated rings. The van der Waals surface area contributed by atoms with E-state index in [4.69, 9.17) is 0 Å². The molecule has 1 heterocycles. The number of methoxy groups -OCH3 is 1. The Morgan fingerprint density at radius 3 is 2.91 bits per heavy atom. The lowest BCUT2D eigenvalue weighted by Gasteiger charge is -2.05. The maximum Gasteiger partial charge on any atom is 0.322 e. The number of esters is 1. The van der Waals surface area contributed by atoms with E-state index in [1.807, 2.05) is 0 Å². The van der Waals surface area contributed by atoms with Crippen molar-refractivity contribution in [2.75, 3.05) is 13.7 Å². The molecule has 4 nitrogen and oxygen atoms in total. The van der Waals surface area contributed by atoms with Gasteiger partial charge in [0.1, 0.15) is 12.3 Å². The number of carbonyl (C=O) groups is 2. The van der Waals surface area contributed by atoms with Gasteiger partial charge in [-0.25, -0.2) is 0 Å². The SMILES string of the molecule is COC(=O)[C@@H]1CC(C=O)CN1. The summed E-state index contributed by atoms with van der Waals surface area (Å²) in [6.07, 6.45) is 1.44.